The van der Waals surface area contributed by atoms with Crippen LogP contribution in [0.4, 0.5) is 0 Å². The van der Waals surface area contributed by atoms with Gasteiger partial charge in [0.25, 0.3) is 0 Å². The number of halogens is 1. The van der Waals surface area contributed by atoms with Crippen LogP contribution in [-0.2, 0) is 0 Å². The lowest BCUT2D eigenvalue weighted by Crippen LogP contribution is -2.43. The van der Waals surface area contributed by atoms with Gasteiger partial charge >= 0.3 is 0 Å². The number of carbonyl (C=O) groups excluding carboxylic acids is 1. The Labute approximate surface area is 129 Å². The van der Waals surface area contributed by atoms with E-state index in [0.29, 0.717) is 22.8 Å². The Kier molecular flexibility index (Phi) is 4.19. The summed E-state index contributed by atoms with van der Waals surface area (Å²) in [6.07, 6.45) is 3.57. The number of benzene rings is 1. The van der Waals surface area contributed by atoms with Crippen molar-refractivity contribution in [3.05, 3.63) is 28.8 Å². The number of Topliss-reactive ketones (excluding diaryl/α,β-unsaturated/α-hetero) is 1. The first-order valence-electron chi connectivity index (χ1n) is 6.75. The molecule has 0 bridgehead atoms. The molecule has 0 radical (unpaired) electrons. The van der Waals surface area contributed by atoms with Crippen molar-refractivity contribution in [2.75, 3.05) is 14.2 Å². The molecule has 0 spiro atoms. The van der Waals surface area contributed by atoms with Crippen molar-refractivity contribution in [1.29, 1.82) is 0 Å². The van der Waals surface area contributed by atoms with E-state index in [0.717, 1.165) is 0 Å². The summed E-state index contributed by atoms with van der Waals surface area (Å²) >= 11 is 6.30. The second kappa shape index (κ2) is 5.60. The van der Waals surface area contributed by atoms with E-state index >= 15 is 0 Å². The van der Waals surface area contributed by atoms with Crippen molar-refractivity contribution >= 4 is 17.4 Å². The van der Waals surface area contributed by atoms with Gasteiger partial charge in [0.05, 0.1) is 14.2 Å². The highest BCUT2D eigenvalue weighted by Crippen LogP contribution is 2.51. The van der Waals surface area contributed by atoms with Crippen LogP contribution in [0.2, 0.25) is 5.02 Å². The fourth-order valence-electron chi connectivity index (χ4n) is 2.55. The van der Waals surface area contributed by atoms with Gasteiger partial charge in [-0.15, -0.1) is 0 Å². The van der Waals surface area contributed by atoms with E-state index in [2.05, 4.69) is 0 Å². The van der Waals surface area contributed by atoms with Crippen molar-refractivity contribution in [2.24, 2.45) is 5.92 Å². The molecule has 1 heterocycles. The van der Waals surface area contributed by atoms with Crippen molar-refractivity contribution < 1.29 is 19.0 Å². The van der Waals surface area contributed by atoms with Crippen molar-refractivity contribution in [1.82, 2.24) is 0 Å². The van der Waals surface area contributed by atoms with Gasteiger partial charge in [-0.3, -0.25) is 4.79 Å². The highest BCUT2D eigenvalue weighted by Gasteiger charge is 2.51. The second-order valence-corrected chi connectivity index (χ2v) is 5.56. The smallest absolute Gasteiger partial charge is 0.218 e. The Morgan fingerprint density at radius 2 is 1.90 bits per heavy atom. The molecule has 5 heteroatoms. The number of ketones is 1. The Hall–Kier alpha value is -1.68. The van der Waals surface area contributed by atoms with Crippen LogP contribution in [0.5, 0.6) is 17.2 Å². The number of ether oxygens (including phenoxy) is 3. The van der Waals surface area contributed by atoms with Crippen molar-refractivity contribution in [3.8, 4) is 17.2 Å². The first kappa shape index (κ1) is 15.7. The molecule has 1 aromatic carbocycles. The number of hydrogen-bond donors (Lipinski definition) is 0. The minimum atomic E-state index is -1.06. The standard InChI is InChI=1S/C16H19ClO4/c1-6-7-16(9(2)3)15(18)12-10(19-4)8-11(20-5)13(17)14(12)21-16/h6-9H,1-5H3/t16-/m1/s1. The van der Waals surface area contributed by atoms with E-state index in [1.807, 2.05) is 20.8 Å². The van der Waals surface area contributed by atoms with Crippen LogP contribution in [0.25, 0.3) is 0 Å². The summed E-state index contributed by atoms with van der Waals surface area (Å²) in [7, 11) is 3.01. The highest BCUT2D eigenvalue weighted by molar-refractivity contribution is 6.35. The molecule has 0 amide bonds. The van der Waals surface area contributed by atoms with E-state index < -0.39 is 5.60 Å². The van der Waals surface area contributed by atoms with Crippen molar-refractivity contribution in [3.63, 3.8) is 0 Å². The Bertz CT molecular complexity index is 607. The van der Waals surface area contributed by atoms with Gasteiger partial charge in [0.1, 0.15) is 22.1 Å². The maximum Gasteiger partial charge on any atom is 0.218 e. The van der Waals surface area contributed by atoms with Crippen LogP contribution < -0.4 is 14.2 Å². The minimum absolute atomic E-state index is 0.0552. The molecule has 1 atom stereocenters. The largest absolute Gasteiger partial charge is 0.496 e. The van der Waals surface area contributed by atoms with E-state index in [1.54, 1.807) is 18.2 Å². The summed E-state index contributed by atoms with van der Waals surface area (Å²) in [5.41, 5.74) is -0.685. The fraction of sp³-hybridized carbons (Fsp3) is 0.438. The van der Waals surface area contributed by atoms with Crippen molar-refractivity contribution in [2.45, 2.75) is 26.4 Å². The summed E-state index contributed by atoms with van der Waals surface area (Å²) in [5.74, 6) is 0.945. The Balaban J connectivity index is 2.72. The SMILES string of the molecule is CC=C[C@]1(C(C)C)Oc2c(Cl)c(OC)cc(OC)c2C1=O. The average Bonchev–Trinajstić information content (AvgIpc) is 2.76. The van der Waals surface area contributed by atoms with Gasteiger partial charge in [-0.05, 0) is 13.0 Å². The second-order valence-electron chi connectivity index (χ2n) is 5.18. The molecular formula is C16H19ClO4. The molecule has 0 saturated heterocycles. The molecule has 1 aliphatic heterocycles. The molecule has 4 nitrogen and oxygen atoms in total. The van der Waals surface area contributed by atoms with Gasteiger partial charge < -0.3 is 14.2 Å². The maximum absolute atomic E-state index is 12.9. The van der Waals surface area contributed by atoms with Crippen LogP contribution in [0.3, 0.4) is 0 Å². The lowest BCUT2D eigenvalue weighted by atomic mass is 9.84. The summed E-state index contributed by atoms with van der Waals surface area (Å²) < 4.78 is 16.5. The quantitative estimate of drug-likeness (QED) is 0.791. The first-order valence-corrected chi connectivity index (χ1v) is 7.12. The summed E-state index contributed by atoms with van der Waals surface area (Å²) in [4.78, 5) is 12.9. The number of rotatable bonds is 4. The number of methoxy groups -OCH3 is 2. The first-order chi connectivity index (χ1) is 9.92. The van der Waals surface area contributed by atoms with Crippen LogP contribution in [0.15, 0.2) is 18.2 Å². The third-order valence-corrected chi connectivity index (χ3v) is 4.07. The lowest BCUT2D eigenvalue weighted by Gasteiger charge is -2.27. The van der Waals surface area contributed by atoms with Crippen LogP contribution in [-0.4, -0.2) is 25.6 Å². The van der Waals surface area contributed by atoms with Gasteiger partial charge in [-0.25, -0.2) is 0 Å². The molecule has 1 aromatic rings. The van der Waals surface area contributed by atoms with E-state index in [4.69, 9.17) is 25.8 Å². The zero-order valence-electron chi connectivity index (χ0n) is 12.8. The molecular weight excluding hydrogens is 292 g/mol. The van der Waals surface area contributed by atoms with E-state index in [1.165, 1.54) is 14.2 Å². The van der Waals surface area contributed by atoms with Crippen LogP contribution in [0.1, 0.15) is 31.1 Å². The number of hydrogen-bond acceptors (Lipinski definition) is 4. The van der Waals surface area contributed by atoms with E-state index in [-0.39, 0.29) is 16.7 Å². The normalized spacial score (nSPS) is 20.8. The third-order valence-electron chi connectivity index (χ3n) is 3.72. The number of carbonyl (C=O) groups is 1. The van der Waals surface area contributed by atoms with Gasteiger partial charge in [0.15, 0.2) is 11.4 Å². The monoisotopic (exact) mass is 310 g/mol. The van der Waals surface area contributed by atoms with Gasteiger partial charge in [-0.1, -0.05) is 31.5 Å². The average molecular weight is 311 g/mol. The molecule has 114 valence electrons. The highest BCUT2D eigenvalue weighted by atomic mass is 35.5. The minimum Gasteiger partial charge on any atom is -0.496 e. The molecule has 0 N–H and O–H groups in total. The zero-order chi connectivity index (χ0) is 15.8. The third kappa shape index (κ3) is 2.18. The summed E-state index contributed by atoms with van der Waals surface area (Å²) in [6.45, 7) is 5.71. The van der Waals surface area contributed by atoms with Crippen LogP contribution in [0, 0.1) is 5.92 Å². The zero-order valence-corrected chi connectivity index (χ0v) is 13.6. The molecule has 21 heavy (non-hydrogen) atoms. The topological polar surface area (TPSA) is 44.8 Å². The molecule has 0 unspecified atom stereocenters. The molecule has 1 aliphatic rings. The molecule has 0 fully saturated rings. The summed E-state index contributed by atoms with van der Waals surface area (Å²) in [5, 5.41) is 0.286. The van der Waals surface area contributed by atoms with Gasteiger partial charge in [-0.2, -0.15) is 0 Å². The van der Waals surface area contributed by atoms with E-state index in [9.17, 15) is 4.79 Å². The molecule has 2 rings (SSSR count). The maximum atomic E-state index is 12.9. The Morgan fingerprint density at radius 3 is 2.38 bits per heavy atom. The van der Waals surface area contributed by atoms with Gasteiger partial charge in [0, 0.05) is 12.0 Å². The lowest BCUT2D eigenvalue weighted by molar-refractivity contribution is 0.0569. The fourth-order valence-corrected chi connectivity index (χ4v) is 2.81. The molecule has 0 aromatic heterocycles. The molecule has 0 aliphatic carbocycles. The molecule has 0 saturated carbocycles. The predicted molar refractivity (Wildman–Crippen MR) is 81.9 cm³/mol. The number of allylic oxidation sites excluding steroid dienone is 1. The van der Waals surface area contributed by atoms with Crippen LogP contribution >= 0.6 is 11.6 Å². The number of fused-ring (bicyclic) bond motifs is 1. The predicted octanol–water partition coefficient (Wildman–Crippen LogP) is 3.90. The summed E-state index contributed by atoms with van der Waals surface area (Å²) in [6, 6.07) is 1.61. The Morgan fingerprint density at radius 1 is 1.29 bits per heavy atom. The van der Waals surface area contributed by atoms with Gasteiger partial charge in [0.2, 0.25) is 5.78 Å².